The van der Waals surface area contributed by atoms with Crippen LogP contribution >= 0.6 is 0 Å². The Morgan fingerprint density at radius 2 is 2.17 bits per heavy atom. The molecule has 0 spiro atoms. The fourth-order valence-electron chi connectivity index (χ4n) is 3.21. The molecule has 1 aromatic carbocycles. The number of piperidine rings is 1. The maximum Gasteiger partial charge on any atom is 0.231 e. The summed E-state index contributed by atoms with van der Waals surface area (Å²) in [4.78, 5) is 11.4. The third-order valence-electron chi connectivity index (χ3n) is 4.49. The Bertz CT molecular complexity index is 722. The van der Waals surface area contributed by atoms with Crippen LogP contribution in [0.3, 0.4) is 0 Å². The van der Waals surface area contributed by atoms with Crippen molar-refractivity contribution in [2.24, 2.45) is 5.92 Å². The van der Waals surface area contributed by atoms with Gasteiger partial charge in [0.25, 0.3) is 0 Å². The van der Waals surface area contributed by atoms with Crippen LogP contribution in [0.2, 0.25) is 0 Å². The molecule has 6 heteroatoms. The van der Waals surface area contributed by atoms with Crippen LogP contribution < -0.4 is 19.7 Å². The quantitative estimate of drug-likeness (QED) is 0.932. The average Bonchev–Trinajstić information content (AvgIpc) is 3.08. The summed E-state index contributed by atoms with van der Waals surface area (Å²) in [6.07, 6.45) is 4.32. The van der Waals surface area contributed by atoms with Gasteiger partial charge in [-0.2, -0.15) is 4.98 Å². The van der Waals surface area contributed by atoms with Gasteiger partial charge in [0.1, 0.15) is 5.82 Å². The Kier molecular flexibility index (Phi) is 4.11. The van der Waals surface area contributed by atoms with E-state index in [0.29, 0.717) is 19.3 Å². The second-order valence-corrected chi connectivity index (χ2v) is 6.48. The number of rotatable bonds is 4. The number of ether oxygens (including phenoxy) is 2. The van der Waals surface area contributed by atoms with Gasteiger partial charge in [0.15, 0.2) is 11.5 Å². The van der Waals surface area contributed by atoms with E-state index in [-0.39, 0.29) is 0 Å². The van der Waals surface area contributed by atoms with Gasteiger partial charge in [0, 0.05) is 25.8 Å². The third kappa shape index (κ3) is 3.22. The SMILES string of the molecule is CC1CCCN(c2nccc(NCc3ccc4c(c3)OCO4)n2)C1. The molecule has 1 unspecified atom stereocenters. The average molecular weight is 326 g/mol. The first kappa shape index (κ1) is 15.1. The molecule has 6 nitrogen and oxygen atoms in total. The van der Waals surface area contributed by atoms with Gasteiger partial charge in [-0.25, -0.2) is 4.98 Å². The lowest BCUT2D eigenvalue weighted by molar-refractivity contribution is 0.174. The minimum absolute atomic E-state index is 0.301. The molecule has 24 heavy (non-hydrogen) atoms. The summed E-state index contributed by atoms with van der Waals surface area (Å²) >= 11 is 0. The zero-order valence-electron chi connectivity index (χ0n) is 13.9. The summed E-state index contributed by atoms with van der Waals surface area (Å²) in [5.74, 6) is 3.97. The first-order valence-electron chi connectivity index (χ1n) is 8.48. The highest BCUT2D eigenvalue weighted by atomic mass is 16.7. The molecule has 1 N–H and O–H groups in total. The topological polar surface area (TPSA) is 59.5 Å². The summed E-state index contributed by atoms with van der Waals surface area (Å²) in [5, 5.41) is 3.37. The summed E-state index contributed by atoms with van der Waals surface area (Å²) in [6.45, 7) is 5.34. The Hall–Kier alpha value is -2.50. The third-order valence-corrected chi connectivity index (χ3v) is 4.49. The molecule has 0 bridgehead atoms. The molecular weight excluding hydrogens is 304 g/mol. The van der Waals surface area contributed by atoms with E-state index in [4.69, 9.17) is 9.47 Å². The summed E-state index contributed by atoms with van der Waals surface area (Å²) in [7, 11) is 0. The van der Waals surface area contributed by atoms with Gasteiger partial charge in [0.05, 0.1) is 0 Å². The van der Waals surface area contributed by atoms with Crippen molar-refractivity contribution in [1.82, 2.24) is 9.97 Å². The molecule has 126 valence electrons. The molecule has 2 aromatic rings. The Balaban J connectivity index is 1.42. The highest BCUT2D eigenvalue weighted by Crippen LogP contribution is 2.32. The largest absolute Gasteiger partial charge is 0.454 e. The van der Waals surface area contributed by atoms with Crippen LogP contribution in [-0.2, 0) is 6.54 Å². The Morgan fingerprint density at radius 1 is 1.25 bits per heavy atom. The van der Waals surface area contributed by atoms with Crippen LogP contribution in [0.5, 0.6) is 11.5 Å². The summed E-state index contributed by atoms with van der Waals surface area (Å²) < 4.78 is 10.8. The number of fused-ring (bicyclic) bond motifs is 1. The van der Waals surface area contributed by atoms with Gasteiger partial charge >= 0.3 is 0 Å². The maximum atomic E-state index is 5.42. The lowest BCUT2D eigenvalue weighted by Crippen LogP contribution is -2.35. The number of aromatic nitrogens is 2. The highest BCUT2D eigenvalue weighted by molar-refractivity contribution is 5.46. The summed E-state index contributed by atoms with van der Waals surface area (Å²) in [6, 6.07) is 7.89. The number of nitrogens with one attached hydrogen (secondary N) is 1. The maximum absolute atomic E-state index is 5.42. The van der Waals surface area contributed by atoms with E-state index >= 15 is 0 Å². The number of hydrogen-bond donors (Lipinski definition) is 1. The monoisotopic (exact) mass is 326 g/mol. The fraction of sp³-hybridized carbons (Fsp3) is 0.444. The standard InChI is InChI=1S/C18H22N4O2/c1-13-3-2-8-22(11-13)18-19-7-6-17(21-18)20-10-14-4-5-15-16(9-14)24-12-23-15/h4-7,9,13H,2-3,8,10-12H2,1H3,(H,19,20,21). The van der Waals surface area contributed by atoms with Gasteiger partial charge in [-0.15, -0.1) is 0 Å². The Labute approximate surface area is 141 Å². The first-order valence-corrected chi connectivity index (χ1v) is 8.48. The second kappa shape index (κ2) is 6.55. The molecule has 1 saturated heterocycles. The van der Waals surface area contributed by atoms with E-state index in [0.717, 1.165) is 41.9 Å². The fourth-order valence-corrected chi connectivity index (χ4v) is 3.21. The van der Waals surface area contributed by atoms with Crippen LogP contribution in [-0.4, -0.2) is 29.9 Å². The smallest absolute Gasteiger partial charge is 0.231 e. The van der Waals surface area contributed by atoms with Crippen molar-refractivity contribution >= 4 is 11.8 Å². The minimum atomic E-state index is 0.301. The summed E-state index contributed by atoms with van der Waals surface area (Å²) in [5.41, 5.74) is 1.13. The molecule has 0 saturated carbocycles. The normalized spacial score (nSPS) is 19.4. The van der Waals surface area contributed by atoms with Gasteiger partial charge in [0.2, 0.25) is 12.7 Å². The van der Waals surface area contributed by atoms with Crippen molar-refractivity contribution in [3.8, 4) is 11.5 Å². The van der Waals surface area contributed by atoms with Crippen LogP contribution in [0.4, 0.5) is 11.8 Å². The number of anilines is 2. The molecule has 1 fully saturated rings. The van der Waals surface area contributed by atoms with Crippen LogP contribution in [0, 0.1) is 5.92 Å². The van der Waals surface area contributed by atoms with Crippen molar-refractivity contribution in [1.29, 1.82) is 0 Å². The van der Waals surface area contributed by atoms with Crippen LogP contribution in [0.15, 0.2) is 30.5 Å². The lowest BCUT2D eigenvalue weighted by atomic mass is 10.0. The van der Waals surface area contributed by atoms with Crippen molar-refractivity contribution in [3.05, 3.63) is 36.0 Å². The minimum Gasteiger partial charge on any atom is -0.454 e. The van der Waals surface area contributed by atoms with Gasteiger partial charge in [-0.3, -0.25) is 0 Å². The van der Waals surface area contributed by atoms with E-state index in [2.05, 4.69) is 27.1 Å². The van der Waals surface area contributed by atoms with Gasteiger partial charge in [-0.05, 0) is 42.5 Å². The van der Waals surface area contributed by atoms with Gasteiger partial charge < -0.3 is 19.7 Å². The molecule has 2 aliphatic rings. The molecule has 2 aliphatic heterocycles. The molecule has 0 aliphatic carbocycles. The van der Waals surface area contributed by atoms with Crippen molar-refractivity contribution in [3.63, 3.8) is 0 Å². The molecule has 0 radical (unpaired) electrons. The van der Waals surface area contributed by atoms with Crippen LogP contribution in [0.25, 0.3) is 0 Å². The van der Waals surface area contributed by atoms with E-state index in [1.54, 1.807) is 0 Å². The van der Waals surface area contributed by atoms with E-state index < -0.39 is 0 Å². The molecule has 4 rings (SSSR count). The molecule has 1 atom stereocenters. The van der Waals surface area contributed by atoms with E-state index in [1.165, 1.54) is 12.8 Å². The predicted octanol–water partition coefficient (Wildman–Crippen LogP) is 3.05. The first-order chi connectivity index (χ1) is 11.8. The van der Waals surface area contributed by atoms with Crippen molar-refractivity contribution in [2.75, 3.05) is 30.1 Å². The highest BCUT2D eigenvalue weighted by Gasteiger charge is 2.18. The molecule has 1 aromatic heterocycles. The van der Waals surface area contributed by atoms with Crippen molar-refractivity contribution in [2.45, 2.75) is 26.3 Å². The van der Waals surface area contributed by atoms with E-state index in [9.17, 15) is 0 Å². The van der Waals surface area contributed by atoms with Gasteiger partial charge in [-0.1, -0.05) is 13.0 Å². The number of benzene rings is 1. The number of hydrogen-bond acceptors (Lipinski definition) is 6. The zero-order valence-corrected chi connectivity index (χ0v) is 13.9. The van der Waals surface area contributed by atoms with E-state index in [1.807, 2.05) is 30.5 Å². The molecule has 0 amide bonds. The Morgan fingerprint density at radius 3 is 3.08 bits per heavy atom. The predicted molar refractivity (Wildman–Crippen MR) is 92.5 cm³/mol. The molecular formula is C18H22N4O2. The zero-order chi connectivity index (χ0) is 16.4. The lowest BCUT2D eigenvalue weighted by Gasteiger charge is -2.30. The van der Waals surface area contributed by atoms with Crippen molar-refractivity contribution < 1.29 is 9.47 Å². The molecule has 3 heterocycles. The second-order valence-electron chi connectivity index (χ2n) is 6.48. The number of nitrogens with zero attached hydrogens (tertiary/aromatic N) is 3. The van der Waals surface area contributed by atoms with Crippen LogP contribution in [0.1, 0.15) is 25.3 Å².